The van der Waals surface area contributed by atoms with Crippen molar-refractivity contribution in [2.24, 2.45) is 5.92 Å². The molecular formula is C26H38N4O4. The van der Waals surface area contributed by atoms with E-state index in [4.69, 9.17) is 4.74 Å². The summed E-state index contributed by atoms with van der Waals surface area (Å²) in [5.74, 6) is -0.583. The average Bonchev–Trinajstić information content (AvgIpc) is 3.37. The minimum atomic E-state index is -0.829. The summed E-state index contributed by atoms with van der Waals surface area (Å²) in [6.45, 7) is 11.4. The molecule has 3 amide bonds. The molecule has 0 saturated carbocycles. The first-order valence-corrected chi connectivity index (χ1v) is 12.1. The molecule has 2 heterocycles. The number of para-hydroxylation sites is 1. The molecular weight excluding hydrogens is 432 g/mol. The van der Waals surface area contributed by atoms with Crippen molar-refractivity contribution in [1.29, 1.82) is 0 Å². The van der Waals surface area contributed by atoms with Gasteiger partial charge in [0.1, 0.15) is 17.7 Å². The predicted molar refractivity (Wildman–Crippen MR) is 132 cm³/mol. The van der Waals surface area contributed by atoms with Gasteiger partial charge in [-0.2, -0.15) is 0 Å². The van der Waals surface area contributed by atoms with Crippen LogP contribution in [0.15, 0.2) is 30.5 Å². The van der Waals surface area contributed by atoms with Gasteiger partial charge < -0.3 is 25.3 Å². The maximum absolute atomic E-state index is 13.5. The Balaban J connectivity index is 1.66. The van der Waals surface area contributed by atoms with E-state index < -0.39 is 29.7 Å². The molecule has 1 saturated heterocycles. The van der Waals surface area contributed by atoms with Gasteiger partial charge in [0, 0.05) is 29.7 Å². The number of carbonyl (C=O) groups excluding carboxylic acids is 3. The van der Waals surface area contributed by atoms with Crippen LogP contribution in [0.3, 0.4) is 0 Å². The van der Waals surface area contributed by atoms with Crippen LogP contribution in [0.1, 0.15) is 59.9 Å². The van der Waals surface area contributed by atoms with Crippen LogP contribution in [0.2, 0.25) is 0 Å². The van der Waals surface area contributed by atoms with Gasteiger partial charge >= 0.3 is 6.09 Å². The van der Waals surface area contributed by atoms with Gasteiger partial charge in [-0.3, -0.25) is 9.59 Å². The summed E-state index contributed by atoms with van der Waals surface area (Å²) in [5.41, 5.74) is 1.62. The van der Waals surface area contributed by atoms with E-state index in [1.165, 1.54) is 10.9 Å². The summed E-state index contributed by atoms with van der Waals surface area (Å²) >= 11 is 0. The number of nitrogens with zero attached hydrogens (tertiary/aromatic N) is 1. The number of benzene rings is 1. The van der Waals surface area contributed by atoms with E-state index in [1.54, 1.807) is 27.7 Å². The second-order valence-corrected chi connectivity index (χ2v) is 10.5. The lowest BCUT2D eigenvalue weighted by molar-refractivity contribution is -0.138. The van der Waals surface area contributed by atoms with Crippen LogP contribution in [0.4, 0.5) is 4.79 Å². The number of aromatic amines is 1. The third kappa shape index (κ3) is 6.30. The van der Waals surface area contributed by atoms with E-state index in [0.29, 0.717) is 6.54 Å². The topological polar surface area (TPSA) is 104 Å². The van der Waals surface area contributed by atoms with Crippen molar-refractivity contribution in [3.8, 4) is 0 Å². The smallest absolute Gasteiger partial charge is 0.408 e. The van der Waals surface area contributed by atoms with Crippen molar-refractivity contribution >= 4 is 28.8 Å². The zero-order chi connectivity index (χ0) is 25.0. The number of H-pyrrole nitrogens is 1. The molecule has 1 aliphatic rings. The lowest BCUT2D eigenvalue weighted by atomic mass is 9.99. The van der Waals surface area contributed by atoms with E-state index in [0.717, 1.165) is 24.8 Å². The third-order valence-electron chi connectivity index (χ3n) is 6.15. The Morgan fingerprint density at radius 1 is 1.15 bits per heavy atom. The lowest BCUT2D eigenvalue weighted by Gasteiger charge is -2.32. The second kappa shape index (κ2) is 10.5. The molecule has 3 N–H and O–H groups in total. The Hall–Kier alpha value is -3.03. The molecule has 3 atom stereocenters. The number of hydrogen-bond donors (Lipinski definition) is 3. The first-order valence-electron chi connectivity index (χ1n) is 12.1. The van der Waals surface area contributed by atoms with Gasteiger partial charge in [-0.1, -0.05) is 32.0 Å². The van der Waals surface area contributed by atoms with E-state index in [9.17, 15) is 14.4 Å². The minimum Gasteiger partial charge on any atom is -0.444 e. The molecule has 0 spiro atoms. The summed E-state index contributed by atoms with van der Waals surface area (Å²) in [6.07, 6.45) is 4.00. The molecule has 186 valence electrons. The van der Waals surface area contributed by atoms with E-state index in [2.05, 4.69) is 21.7 Å². The fourth-order valence-corrected chi connectivity index (χ4v) is 4.41. The number of ether oxygens (including phenoxy) is 1. The number of rotatable bonds is 7. The van der Waals surface area contributed by atoms with Crippen LogP contribution in [-0.2, 0) is 20.7 Å². The van der Waals surface area contributed by atoms with Crippen molar-refractivity contribution in [2.45, 2.75) is 84.5 Å². The van der Waals surface area contributed by atoms with Crippen LogP contribution in [0, 0.1) is 5.92 Å². The number of fused-ring (bicyclic) bond motifs is 1. The maximum atomic E-state index is 13.5. The number of aromatic nitrogens is 1. The summed E-state index contributed by atoms with van der Waals surface area (Å²) in [4.78, 5) is 43.6. The fraction of sp³-hybridized carbons (Fsp3) is 0.577. The Kier molecular flexibility index (Phi) is 7.89. The van der Waals surface area contributed by atoms with Gasteiger partial charge in [-0.05, 0) is 64.5 Å². The number of hydrogen-bond acceptors (Lipinski definition) is 4. The number of likely N-dealkylation sites (tertiary alicyclic amines) is 1. The average molecular weight is 471 g/mol. The molecule has 3 rings (SSSR count). The highest BCUT2D eigenvalue weighted by Crippen LogP contribution is 2.27. The highest BCUT2D eigenvalue weighted by atomic mass is 16.6. The van der Waals surface area contributed by atoms with Crippen molar-refractivity contribution < 1.29 is 19.1 Å². The van der Waals surface area contributed by atoms with E-state index >= 15 is 0 Å². The van der Waals surface area contributed by atoms with Crippen molar-refractivity contribution in [1.82, 2.24) is 20.5 Å². The van der Waals surface area contributed by atoms with Crippen molar-refractivity contribution in [3.63, 3.8) is 0 Å². The lowest BCUT2D eigenvalue weighted by Crippen LogP contribution is -2.56. The quantitative estimate of drug-likeness (QED) is 0.573. The van der Waals surface area contributed by atoms with Crippen LogP contribution in [0.25, 0.3) is 10.9 Å². The van der Waals surface area contributed by atoms with Crippen LogP contribution >= 0.6 is 0 Å². The number of amides is 3. The summed E-state index contributed by atoms with van der Waals surface area (Å²) in [6, 6.07) is 6.76. The zero-order valence-electron chi connectivity index (χ0n) is 21.1. The Bertz CT molecular complexity index is 1020. The molecule has 2 aromatic rings. The van der Waals surface area contributed by atoms with Crippen molar-refractivity contribution in [2.75, 3.05) is 6.54 Å². The van der Waals surface area contributed by atoms with Crippen LogP contribution < -0.4 is 10.6 Å². The Morgan fingerprint density at radius 2 is 1.85 bits per heavy atom. The SMILES string of the molecule is CC(C)[C@H](NC(=O)[C@H](C)NC(=O)OC(C)(C)C)C(=O)N1CCC[C@H]1Cc1c[nH]c2ccccc12. The van der Waals surface area contributed by atoms with Gasteiger partial charge in [0.15, 0.2) is 0 Å². The summed E-state index contributed by atoms with van der Waals surface area (Å²) in [7, 11) is 0. The summed E-state index contributed by atoms with van der Waals surface area (Å²) in [5, 5.41) is 6.58. The second-order valence-electron chi connectivity index (χ2n) is 10.5. The zero-order valence-corrected chi connectivity index (χ0v) is 21.1. The Labute approximate surface area is 201 Å². The van der Waals surface area contributed by atoms with E-state index in [1.807, 2.05) is 43.1 Å². The fourth-order valence-electron chi connectivity index (χ4n) is 4.41. The summed E-state index contributed by atoms with van der Waals surface area (Å²) < 4.78 is 5.23. The molecule has 8 heteroatoms. The largest absolute Gasteiger partial charge is 0.444 e. The molecule has 0 unspecified atom stereocenters. The standard InChI is InChI=1S/C26H38N4O4/c1-16(2)22(29-23(31)17(3)28-25(33)34-26(4,5)6)24(32)30-13-9-10-19(30)14-18-15-27-21-12-8-7-11-20(18)21/h7-8,11-12,15-17,19,22,27H,9-10,13-14H2,1-6H3,(H,28,33)(H,29,31)/t17-,19-,22-/m0/s1. The molecule has 0 bridgehead atoms. The predicted octanol–water partition coefficient (Wildman–Crippen LogP) is 3.76. The van der Waals surface area contributed by atoms with Gasteiger partial charge in [0.2, 0.25) is 11.8 Å². The molecule has 1 aliphatic heterocycles. The number of carbonyl (C=O) groups is 3. The highest BCUT2D eigenvalue weighted by molar-refractivity contribution is 5.91. The van der Waals surface area contributed by atoms with Crippen LogP contribution in [0.5, 0.6) is 0 Å². The van der Waals surface area contributed by atoms with Gasteiger partial charge in [-0.25, -0.2) is 4.79 Å². The first kappa shape index (κ1) is 25.6. The molecule has 0 aliphatic carbocycles. The first-order chi connectivity index (χ1) is 16.0. The van der Waals surface area contributed by atoms with E-state index in [-0.39, 0.29) is 17.9 Å². The molecule has 1 fully saturated rings. The van der Waals surface area contributed by atoms with Crippen LogP contribution in [-0.4, -0.2) is 58.1 Å². The van der Waals surface area contributed by atoms with Gasteiger partial charge in [0.25, 0.3) is 0 Å². The van der Waals surface area contributed by atoms with Gasteiger partial charge in [0.05, 0.1) is 0 Å². The number of alkyl carbamates (subject to hydrolysis) is 1. The molecule has 1 aromatic heterocycles. The normalized spacial score (nSPS) is 18.1. The minimum absolute atomic E-state index is 0.0739. The molecule has 8 nitrogen and oxygen atoms in total. The number of nitrogens with one attached hydrogen (secondary N) is 3. The third-order valence-corrected chi connectivity index (χ3v) is 6.15. The molecule has 1 aromatic carbocycles. The monoisotopic (exact) mass is 470 g/mol. The highest BCUT2D eigenvalue weighted by Gasteiger charge is 2.36. The van der Waals surface area contributed by atoms with Crippen molar-refractivity contribution in [3.05, 3.63) is 36.0 Å². The van der Waals surface area contributed by atoms with Gasteiger partial charge in [-0.15, -0.1) is 0 Å². The molecule has 0 radical (unpaired) electrons. The molecule has 34 heavy (non-hydrogen) atoms. The Morgan fingerprint density at radius 3 is 2.53 bits per heavy atom. The maximum Gasteiger partial charge on any atom is 0.408 e.